The van der Waals surface area contributed by atoms with E-state index in [9.17, 15) is 4.79 Å². The third kappa shape index (κ3) is 3.71. The summed E-state index contributed by atoms with van der Waals surface area (Å²) in [4.78, 5) is 11.5. The summed E-state index contributed by atoms with van der Waals surface area (Å²) in [5.41, 5.74) is 5.16. The highest BCUT2D eigenvalue weighted by molar-refractivity contribution is 7.08. The molecule has 0 fully saturated rings. The highest BCUT2D eigenvalue weighted by Crippen LogP contribution is 2.31. The smallest absolute Gasteiger partial charge is 0.306 e. The average Bonchev–Trinajstić information content (AvgIpc) is 2.93. The molecule has 0 saturated heterocycles. The van der Waals surface area contributed by atoms with Crippen LogP contribution in [0.1, 0.15) is 30.0 Å². The first-order chi connectivity index (χ1) is 10.2. The maximum atomic E-state index is 11.5. The van der Waals surface area contributed by atoms with Gasteiger partial charge in [0.2, 0.25) is 0 Å². The fourth-order valence-corrected chi connectivity index (χ4v) is 3.15. The molecule has 0 spiro atoms. The van der Waals surface area contributed by atoms with E-state index >= 15 is 0 Å². The fraction of sp³-hybridized carbons (Fsp3) is 0.294. The van der Waals surface area contributed by atoms with E-state index in [0.717, 1.165) is 22.3 Å². The van der Waals surface area contributed by atoms with Crippen molar-refractivity contribution >= 4 is 17.3 Å². The highest BCUT2D eigenvalue weighted by Gasteiger charge is 2.11. The lowest BCUT2D eigenvalue weighted by Crippen LogP contribution is -2.05. The van der Waals surface area contributed by atoms with Crippen molar-refractivity contribution in [3.8, 4) is 17.2 Å². The Morgan fingerprint density at radius 3 is 2.81 bits per heavy atom. The second-order valence-electron chi connectivity index (χ2n) is 4.76. The van der Waals surface area contributed by atoms with Gasteiger partial charge in [-0.3, -0.25) is 4.79 Å². The van der Waals surface area contributed by atoms with Crippen molar-refractivity contribution < 1.29 is 9.53 Å². The van der Waals surface area contributed by atoms with E-state index in [-0.39, 0.29) is 5.97 Å². The van der Waals surface area contributed by atoms with Crippen LogP contribution >= 0.6 is 11.3 Å². The molecule has 4 heteroatoms. The molecule has 1 aromatic heterocycles. The van der Waals surface area contributed by atoms with Gasteiger partial charge >= 0.3 is 5.97 Å². The van der Waals surface area contributed by atoms with Gasteiger partial charge in [0.1, 0.15) is 0 Å². The fourth-order valence-electron chi connectivity index (χ4n) is 2.26. The predicted octanol–water partition coefficient (Wildman–Crippen LogP) is 4.09. The number of hydrogen-bond acceptors (Lipinski definition) is 4. The van der Waals surface area contributed by atoms with Crippen molar-refractivity contribution in [3.05, 3.63) is 45.6 Å². The molecule has 2 rings (SSSR count). The van der Waals surface area contributed by atoms with Crippen molar-refractivity contribution in [2.24, 2.45) is 0 Å². The van der Waals surface area contributed by atoms with E-state index in [1.807, 2.05) is 32.0 Å². The minimum Gasteiger partial charge on any atom is -0.466 e. The predicted molar refractivity (Wildman–Crippen MR) is 84.2 cm³/mol. The van der Waals surface area contributed by atoms with Crippen molar-refractivity contribution in [2.45, 2.75) is 26.7 Å². The molecule has 0 aliphatic heterocycles. The number of hydrogen-bond donors (Lipinski definition) is 0. The molecule has 0 bridgehead atoms. The van der Waals surface area contributed by atoms with Gasteiger partial charge in [0.25, 0.3) is 0 Å². The number of nitrogens with zero attached hydrogens (tertiary/aromatic N) is 1. The molecule has 1 aromatic carbocycles. The Labute approximate surface area is 128 Å². The van der Waals surface area contributed by atoms with Crippen LogP contribution in [0.4, 0.5) is 0 Å². The van der Waals surface area contributed by atoms with Crippen LogP contribution in [0, 0.1) is 18.3 Å². The van der Waals surface area contributed by atoms with Crippen LogP contribution in [0.15, 0.2) is 29.0 Å². The normalized spacial score (nSPS) is 10.1. The van der Waals surface area contributed by atoms with E-state index in [1.165, 1.54) is 0 Å². The van der Waals surface area contributed by atoms with Gasteiger partial charge in [0, 0.05) is 6.42 Å². The molecule has 3 nitrogen and oxygen atoms in total. The summed E-state index contributed by atoms with van der Waals surface area (Å²) in [5.74, 6) is -0.161. The molecule has 0 unspecified atom stereocenters. The van der Waals surface area contributed by atoms with Gasteiger partial charge in [-0.1, -0.05) is 6.07 Å². The van der Waals surface area contributed by atoms with E-state index in [0.29, 0.717) is 25.0 Å². The van der Waals surface area contributed by atoms with E-state index in [2.05, 4.69) is 16.8 Å². The number of thiophene rings is 1. The molecule has 0 aliphatic rings. The lowest BCUT2D eigenvalue weighted by molar-refractivity contribution is -0.143. The van der Waals surface area contributed by atoms with Gasteiger partial charge in [0.15, 0.2) is 0 Å². The number of carbonyl (C=O) groups is 1. The second-order valence-corrected chi connectivity index (χ2v) is 5.50. The SMILES string of the molecule is CCOC(=O)CCc1cscc1-c1ccc(C#N)cc1C. The van der Waals surface area contributed by atoms with Crippen molar-refractivity contribution in [2.75, 3.05) is 6.61 Å². The maximum absolute atomic E-state index is 11.5. The van der Waals surface area contributed by atoms with Crippen molar-refractivity contribution in [3.63, 3.8) is 0 Å². The molecular formula is C17H17NO2S. The van der Waals surface area contributed by atoms with Crippen LogP contribution in [-0.2, 0) is 16.0 Å². The zero-order valence-electron chi connectivity index (χ0n) is 12.2. The summed E-state index contributed by atoms with van der Waals surface area (Å²) in [7, 11) is 0. The number of benzene rings is 1. The number of ether oxygens (including phenoxy) is 1. The highest BCUT2D eigenvalue weighted by atomic mass is 32.1. The van der Waals surface area contributed by atoms with Crippen LogP contribution in [-0.4, -0.2) is 12.6 Å². The first kappa shape index (κ1) is 15.3. The van der Waals surface area contributed by atoms with Crippen LogP contribution in [0.2, 0.25) is 0 Å². The van der Waals surface area contributed by atoms with E-state index in [1.54, 1.807) is 11.3 Å². The molecule has 0 radical (unpaired) electrons. The molecule has 0 atom stereocenters. The lowest BCUT2D eigenvalue weighted by Gasteiger charge is -2.08. The molecule has 2 aromatic rings. The van der Waals surface area contributed by atoms with Crippen LogP contribution < -0.4 is 0 Å². The number of rotatable bonds is 5. The quantitative estimate of drug-likeness (QED) is 0.781. The Hall–Kier alpha value is -2.12. The largest absolute Gasteiger partial charge is 0.466 e. The Morgan fingerprint density at radius 2 is 2.14 bits per heavy atom. The molecule has 21 heavy (non-hydrogen) atoms. The summed E-state index contributed by atoms with van der Waals surface area (Å²) < 4.78 is 4.97. The van der Waals surface area contributed by atoms with Gasteiger partial charge in [-0.2, -0.15) is 16.6 Å². The van der Waals surface area contributed by atoms with Gasteiger partial charge in [-0.25, -0.2) is 0 Å². The standard InChI is InChI=1S/C17H17NO2S/c1-3-20-17(19)7-5-14-10-21-11-16(14)15-6-4-13(9-18)8-12(15)2/h4,6,8,10-11H,3,5,7H2,1-2H3. The maximum Gasteiger partial charge on any atom is 0.306 e. The first-order valence-electron chi connectivity index (χ1n) is 6.87. The lowest BCUT2D eigenvalue weighted by atomic mass is 9.96. The molecule has 0 aliphatic carbocycles. The van der Waals surface area contributed by atoms with Crippen molar-refractivity contribution in [1.29, 1.82) is 5.26 Å². The third-order valence-electron chi connectivity index (χ3n) is 3.29. The molecule has 0 N–H and O–H groups in total. The second kappa shape index (κ2) is 7.05. The molecular weight excluding hydrogens is 282 g/mol. The van der Waals surface area contributed by atoms with Gasteiger partial charge in [0.05, 0.1) is 18.2 Å². The molecule has 108 valence electrons. The molecule has 0 amide bonds. The number of carbonyl (C=O) groups excluding carboxylic acids is 1. The van der Waals surface area contributed by atoms with E-state index < -0.39 is 0 Å². The van der Waals surface area contributed by atoms with Crippen LogP contribution in [0.3, 0.4) is 0 Å². The monoisotopic (exact) mass is 299 g/mol. The minimum atomic E-state index is -0.161. The Balaban J connectivity index is 2.21. The third-order valence-corrected chi connectivity index (χ3v) is 4.08. The minimum absolute atomic E-state index is 0.161. The number of aryl methyl sites for hydroxylation is 2. The number of esters is 1. The summed E-state index contributed by atoms with van der Waals surface area (Å²) in [5, 5.41) is 13.1. The van der Waals surface area contributed by atoms with Crippen LogP contribution in [0.25, 0.3) is 11.1 Å². The molecule has 1 heterocycles. The van der Waals surface area contributed by atoms with Crippen LogP contribution in [0.5, 0.6) is 0 Å². The van der Waals surface area contributed by atoms with Gasteiger partial charge in [-0.05, 0) is 65.4 Å². The van der Waals surface area contributed by atoms with E-state index in [4.69, 9.17) is 10.00 Å². The summed E-state index contributed by atoms with van der Waals surface area (Å²) in [6, 6.07) is 7.85. The molecule has 0 saturated carbocycles. The number of nitriles is 1. The van der Waals surface area contributed by atoms with Crippen molar-refractivity contribution in [1.82, 2.24) is 0 Å². The average molecular weight is 299 g/mol. The topological polar surface area (TPSA) is 50.1 Å². The van der Waals surface area contributed by atoms with Gasteiger partial charge in [-0.15, -0.1) is 0 Å². The first-order valence-corrected chi connectivity index (χ1v) is 7.81. The zero-order chi connectivity index (χ0) is 15.2. The summed E-state index contributed by atoms with van der Waals surface area (Å²) >= 11 is 1.63. The Kier molecular flexibility index (Phi) is 5.13. The summed E-state index contributed by atoms with van der Waals surface area (Å²) in [6.45, 7) is 4.24. The summed E-state index contributed by atoms with van der Waals surface area (Å²) in [6.07, 6.45) is 1.07. The Bertz CT molecular complexity index is 682. The Morgan fingerprint density at radius 1 is 1.33 bits per heavy atom. The van der Waals surface area contributed by atoms with Gasteiger partial charge < -0.3 is 4.74 Å². The zero-order valence-corrected chi connectivity index (χ0v) is 13.0.